The lowest BCUT2D eigenvalue weighted by Gasteiger charge is -2.13. The van der Waals surface area contributed by atoms with E-state index in [2.05, 4.69) is 10.1 Å². The Hall–Kier alpha value is -3.79. The van der Waals surface area contributed by atoms with E-state index in [4.69, 9.17) is 9.47 Å². The number of thioether (sulfide) groups is 1. The number of fused-ring (bicyclic) bond motifs is 1. The molecule has 0 aromatic heterocycles. The lowest BCUT2D eigenvalue weighted by molar-refractivity contribution is -0.122. The Labute approximate surface area is 187 Å². The largest absolute Gasteiger partial charge is 0.465 e. The van der Waals surface area contributed by atoms with Crippen molar-refractivity contribution in [1.29, 1.82) is 0 Å². The molecule has 0 bridgehead atoms. The van der Waals surface area contributed by atoms with Crippen molar-refractivity contribution >= 4 is 40.9 Å². The SMILES string of the molecule is COC(=O)c1ccc(C(=O)NCCN2C(=O)S/C(=C\c3ccc4c(c3)OCO4)C2=O)cc1. The number of rotatable bonds is 6. The number of carbonyl (C=O) groups is 4. The molecule has 0 aliphatic carbocycles. The van der Waals surface area contributed by atoms with Gasteiger partial charge in [0.2, 0.25) is 6.79 Å². The van der Waals surface area contributed by atoms with E-state index in [1.807, 2.05) is 0 Å². The first-order chi connectivity index (χ1) is 15.5. The van der Waals surface area contributed by atoms with Crippen LogP contribution < -0.4 is 14.8 Å². The zero-order valence-corrected chi connectivity index (χ0v) is 17.8. The van der Waals surface area contributed by atoms with Crippen molar-refractivity contribution in [3.63, 3.8) is 0 Å². The van der Waals surface area contributed by atoms with Gasteiger partial charge in [0.05, 0.1) is 17.6 Å². The monoisotopic (exact) mass is 454 g/mol. The fraction of sp³-hybridized carbons (Fsp3) is 0.182. The fourth-order valence-electron chi connectivity index (χ4n) is 3.11. The summed E-state index contributed by atoms with van der Waals surface area (Å²) in [5.74, 6) is -0.0880. The topological polar surface area (TPSA) is 111 Å². The number of hydrogen-bond acceptors (Lipinski definition) is 8. The van der Waals surface area contributed by atoms with Gasteiger partial charge in [0.25, 0.3) is 17.1 Å². The minimum absolute atomic E-state index is 0.0368. The summed E-state index contributed by atoms with van der Waals surface area (Å²) >= 11 is 0.842. The molecule has 32 heavy (non-hydrogen) atoms. The predicted octanol–water partition coefficient (Wildman–Crippen LogP) is 2.67. The van der Waals surface area contributed by atoms with Crippen molar-refractivity contribution in [2.45, 2.75) is 0 Å². The number of methoxy groups -OCH3 is 1. The molecule has 9 nitrogen and oxygen atoms in total. The summed E-state index contributed by atoms with van der Waals surface area (Å²) in [7, 11) is 1.28. The van der Waals surface area contributed by atoms with Crippen molar-refractivity contribution in [2.24, 2.45) is 0 Å². The summed E-state index contributed by atoms with van der Waals surface area (Å²) in [6.07, 6.45) is 1.62. The van der Waals surface area contributed by atoms with Gasteiger partial charge in [-0.3, -0.25) is 19.3 Å². The number of carbonyl (C=O) groups excluding carboxylic acids is 4. The molecule has 2 heterocycles. The average molecular weight is 454 g/mol. The third kappa shape index (κ3) is 4.45. The second-order valence-electron chi connectivity index (χ2n) is 6.77. The summed E-state index contributed by atoms with van der Waals surface area (Å²) < 4.78 is 15.2. The highest BCUT2D eigenvalue weighted by molar-refractivity contribution is 8.18. The predicted molar refractivity (Wildman–Crippen MR) is 115 cm³/mol. The molecule has 2 aromatic rings. The van der Waals surface area contributed by atoms with Crippen LogP contribution in [0.4, 0.5) is 4.79 Å². The van der Waals surface area contributed by atoms with Crippen molar-refractivity contribution < 1.29 is 33.4 Å². The molecule has 3 amide bonds. The Morgan fingerprint density at radius 3 is 2.56 bits per heavy atom. The van der Waals surface area contributed by atoms with Crippen LogP contribution in [0.1, 0.15) is 26.3 Å². The highest BCUT2D eigenvalue weighted by Gasteiger charge is 2.34. The van der Waals surface area contributed by atoms with E-state index in [-0.39, 0.29) is 25.8 Å². The molecule has 0 spiro atoms. The highest BCUT2D eigenvalue weighted by Crippen LogP contribution is 2.36. The van der Waals surface area contributed by atoms with Crippen LogP contribution in [0.15, 0.2) is 47.4 Å². The highest BCUT2D eigenvalue weighted by atomic mass is 32.2. The molecular weight excluding hydrogens is 436 g/mol. The summed E-state index contributed by atoms with van der Waals surface area (Å²) in [6.45, 7) is 0.276. The molecule has 2 aliphatic rings. The van der Waals surface area contributed by atoms with Gasteiger partial charge in [0.15, 0.2) is 11.5 Å². The van der Waals surface area contributed by atoms with Gasteiger partial charge < -0.3 is 19.5 Å². The quantitative estimate of drug-likeness (QED) is 0.524. The lowest BCUT2D eigenvalue weighted by Crippen LogP contribution is -2.37. The fourth-order valence-corrected chi connectivity index (χ4v) is 3.97. The van der Waals surface area contributed by atoms with Crippen molar-refractivity contribution in [3.05, 3.63) is 64.1 Å². The molecule has 4 rings (SSSR count). The average Bonchev–Trinajstić information content (AvgIpc) is 3.37. The Bertz CT molecular complexity index is 1130. The van der Waals surface area contributed by atoms with Gasteiger partial charge in [-0.05, 0) is 59.8 Å². The van der Waals surface area contributed by atoms with Crippen LogP contribution in [-0.4, -0.2) is 54.9 Å². The van der Waals surface area contributed by atoms with Crippen molar-refractivity contribution in [1.82, 2.24) is 10.2 Å². The lowest BCUT2D eigenvalue weighted by atomic mass is 10.1. The van der Waals surface area contributed by atoms with Gasteiger partial charge in [0.1, 0.15) is 0 Å². The first kappa shape index (κ1) is 21.4. The van der Waals surface area contributed by atoms with Crippen LogP contribution in [0.3, 0.4) is 0 Å². The van der Waals surface area contributed by atoms with E-state index >= 15 is 0 Å². The Kier molecular flexibility index (Phi) is 6.13. The summed E-state index contributed by atoms with van der Waals surface area (Å²) in [6, 6.07) is 11.2. The van der Waals surface area contributed by atoms with Crippen LogP contribution in [0.5, 0.6) is 11.5 Å². The summed E-state index contributed by atoms with van der Waals surface area (Å²) in [4.78, 5) is 50.0. The van der Waals surface area contributed by atoms with Gasteiger partial charge >= 0.3 is 5.97 Å². The molecule has 1 N–H and O–H groups in total. The summed E-state index contributed by atoms with van der Waals surface area (Å²) in [5.41, 5.74) is 1.38. The smallest absolute Gasteiger partial charge is 0.337 e. The van der Waals surface area contributed by atoms with Gasteiger partial charge in [-0.15, -0.1) is 0 Å². The van der Waals surface area contributed by atoms with Crippen LogP contribution in [0.25, 0.3) is 6.08 Å². The first-order valence-corrected chi connectivity index (χ1v) is 10.4. The van der Waals surface area contributed by atoms with Gasteiger partial charge in [-0.1, -0.05) is 6.07 Å². The van der Waals surface area contributed by atoms with E-state index in [0.717, 1.165) is 16.7 Å². The molecule has 0 unspecified atom stereocenters. The standard InChI is InChI=1S/C22H18N2O7S/c1-29-21(27)15-5-3-14(4-6-15)19(25)23-8-9-24-20(26)18(32-22(24)28)11-13-2-7-16-17(10-13)31-12-30-16/h2-7,10-11H,8-9,12H2,1H3,(H,23,25)/b18-11-. The molecule has 0 atom stereocenters. The van der Waals surface area contributed by atoms with E-state index in [1.54, 1.807) is 24.3 Å². The van der Waals surface area contributed by atoms with Gasteiger partial charge in [-0.2, -0.15) is 0 Å². The van der Waals surface area contributed by atoms with Crippen LogP contribution in [0, 0.1) is 0 Å². The van der Waals surface area contributed by atoms with E-state index in [1.165, 1.54) is 31.4 Å². The van der Waals surface area contributed by atoms with E-state index < -0.39 is 17.1 Å². The number of hydrogen-bond donors (Lipinski definition) is 1. The number of benzene rings is 2. The zero-order valence-electron chi connectivity index (χ0n) is 17.0. The first-order valence-electron chi connectivity index (χ1n) is 9.58. The number of amides is 3. The van der Waals surface area contributed by atoms with Crippen molar-refractivity contribution in [2.75, 3.05) is 27.0 Å². The Balaban J connectivity index is 1.34. The Morgan fingerprint density at radius 1 is 1.09 bits per heavy atom. The molecule has 164 valence electrons. The second-order valence-corrected chi connectivity index (χ2v) is 7.76. The number of imide groups is 1. The van der Waals surface area contributed by atoms with Crippen LogP contribution in [-0.2, 0) is 9.53 Å². The maximum atomic E-state index is 12.6. The maximum Gasteiger partial charge on any atom is 0.337 e. The molecule has 2 aromatic carbocycles. The summed E-state index contributed by atoms with van der Waals surface area (Å²) in [5, 5.41) is 2.26. The third-order valence-corrected chi connectivity index (χ3v) is 5.66. The zero-order chi connectivity index (χ0) is 22.7. The molecule has 2 aliphatic heterocycles. The molecule has 1 fully saturated rings. The number of ether oxygens (including phenoxy) is 3. The van der Waals surface area contributed by atoms with Crippen LogP contribution in [0.2, 0.25) is 0 Å². The van der Waals surface area contributed by atoms with Gasteiger partial charge in [0, 0.05) is 18.7 Å². The minimum atomic E-state index is -0.495. The van der Waals surface area contributed by atoms with E-state index in [9.17, 15) is 19.2 Å². The molecule has 0 radical (unpaired) electrons. The third-order valence-electron chi connectivity index (χ3n) is 4.76. The molecule has 1 saturated heterocycles. The van der Waals surface area contributed by atoms with Crippen molar-refractivity contribution in [3.8, 4) is 11.5 Å². The number of nitrogens with zero attached hydrogens (tertiary/aromatic N) is 1. The maximum absolute atomic E-state index is 12.6. The minimum Gasteiger partial charge on any atom is -0.465 e. The van der Waals surface area contributed by atoms with Gasteiger partial charge in [-0.25, -0.2) is 4.79 Å². The molecular formula is C22H18N2O7S. The second kappa shape index (κ2) is 9.15. The normalized spacial score (nSPS) is 15.9. The Morgan fingerprint density at radius 2 is 1.81 bits per heavy atom. The number of esters is 1. The van der Waals surface area contributed by atoms with E-state index in [0.29, 0.717) is 33.1 Å². The molecule has 0 saturated carbocycles. The van der Waals surface area contributed by atoms with Crippen LogP contribution >= 0.6 is 11.8 Å². The number of nitrogens with one attached hydrogen (secondary N) is 1. The molecule has 10 heteroatoms.